The lowest BCUT2D eigenvalue weighted by Gasteiger charge is -2.05. The Morgan fingerprint density at radius 2 is 2.11 bits per heavy atom. The number of amides is 1. The lowest BCUT2D eigenvalue weighted by molar-refractivity contribution is 0.0948. The molecule has 0 atom stereocenters. The molecule has 6 heteroatoms. The van der Waals surface area contributed by atoms with Crippen molar-refractivity contribution in [2.24, 2.45) is 0 Å². The number of halogens is 2. The minimum absolute atomic E-state index is 0.196. The highest BCUT2D eigenvalue weighted by Gasteiger charge is 2.07. The number of nitrogens with zero attached hydrogens (tertiary/aromatic N) is 2. The van der Waals surface area contributed by atoms with Gasteiger partial charge in [-0.2, -0.15) is 0 Å². The van der Waals surface area contributed by atoms with Gasteiger partial charge in [0.1, 0.15) is 17.3 Å². The molecule has 4 nitrogen and oxygen atoms in total. The Bertz CT molecular complexity index is 575. The fourth-order valence-electron chi connectivity index (χ4n) is 1.54. The van der Waals surface area contributed by atoms with E-state index in [4.69, 9.17) is 0 Å². The first-order valence-corrected chi connectivity index (χ1v) is 5.65. The summed E-state index contributed by atoms with van der Waals surface area (Å²) in [5.74, 6) is -1.62. The van der Waals surface area contributed by atoms with Crippen LogP contribution in [-0.2, 0) is 6.42 Å². The molecule has 98 valence electrons. The van der Waals surface area contributed by atoms with E-state index in [9.17, 15) is 13.6 Å². The molecule has 19 heavy (non-hydrogen) atoms. The van der Waals surface area contributed by atoms with Gasteiger partial charge >= 0.3 is 0 Å². The van der Waals surface area contributed by atoms with Gasteiger partial charge in [0.05, 0.1) is 6.20 Å². The molecule has 2 aromatic rings. The highest BCUT2D eigenvalue weighted by molar-refractivity contribution is 5.91. The molecule has 0 aliphatic carbocycles. The van der Waals surface area contributed by atoms with Crippen LogP contribution in [0.5, 0.6) is 0 Å². The van der Waals surface area contributed by atoms with Crippen molar-refractivity contribution in [2.75, 3.05) is 6.54 Å². The Balaban J connectivity index is 1.88. The van der Waals surface area contributed by atoms with Crippen molar-refractivity contribution in [3.8, 4) is 0 Å². The number of carbonyl (C=O) groups is 1. The van der Waals surface area contributed by atoms with Crippen LogP contribution in [0.2, 0.25) is 0 Å². The van der Waals surface area contributed by atoms with E-state index < -0.39 is 11.6 Å². The van der Waals surface area contributed by atoms with E-state index in [1.54, 1.807) is 0 Å². The van der Waals surface area contributed by atoms with Gasteiger partial charge in [0.2, 0.25) is 0 Å². The molecule has 0 saturated heterocycles. The zero-order chi connectivity index (χ0) is 13.7. The largest absolute Gasteiger partial charge is 0.350 e. The Morgan fingerprint density at radius 1 is 1.26 bits per heavy atom. The summed E-state index contributed by atoms with van der Waals surface area (Å²) in [5.41, 5.74) is 0.544. The van der Waals surface area contributed by atoms with E-state index in [1.807, 2.05) is 0 Å². The van der Waals surface area contributed by atoms with Crippen molar-refractivity contribution >= 4 is 5.91 Å². The average molecular weight is 263 g/mol. The van der Waals surface area contributed by atoms with Crippen LogP contribution in [0.3, 0.4) is 0 Å². The van der Waals surface area contributed by atoms with Crippen LogP contribution in [0.25, 0.3) is 0 Å². The quantitative estimate of drug-likeness (QED) is 0.914. The number of carbonyl (C=O) groups excluding carboxylic acids is 1. The molecule has 1 amide bonds. The SMILES string of the molecule is O=C(NCCc1ccc(F)cc1F)c1cnccn1. The van der Waals surface area contributed by atoms with Crippen LogP contribution < -0.4 is 5.32 Å². The monoisotopic (exact) mass is 263 g/mol. The van der Waals surface area contributed by atoms with Crippen LogP contribution in [0.4, 0.5) is 8.78 Å². The van der Waals surface area contributed by atoms with E-state index in [2.05, 4.69) is 15.3 Å². The van der Waals surface area contributed by atoms with E-state index in [0.717, 1.165) is 6.07 Å². The summed E-state index contributed by atoms with van der Waals surface area (Å²) in [6.07, 6.45) is 4.49. The Labute approximate surface area is 108 Å². The third kappa shape index (κ3) is 3.54. The molecule has 1 aromatic carbocycles. The van der Waals surface area contributed by atoms with Gasteiger partial charge in [-0.3, -0.25) is 9.78 Å². The number of benzene rings is 1. The lowest BCUT2D eigenvalue weighted by atomic mass is 10.1. The zero-order valence-corrected chi connectivity index (χ0v) is 9.94. The van der Waals surface area contributed by atoms with Crippen LogP contribution in [-0.4, -0.2) is 22.4 Å². The number of hydrogen-bond acceptors (Lipinski definition) is 3. The maximum absolute atomic E-state index is 13.3. The van der Waals surface area contributed by atoms with Crippen molar-refractivity contribution in [3.63, 3.8) is 0 Å². The molecular formula is C13H11F2N3O. The smallest absolute Gasteiger partial charge is 0.271 e. The third-order valence-corrected chi connectivity index (χ3v) is 2.49. The van der Waals surface area contributed by atoms with Gasteiger partial charge in [-0.15, -0.1) is 0 Å². The second-order valence-electron chi connectivity index (χ2n) is 3.83. The highest BCUT2D eigenvalue weighted by atomic mass is 19.1. The molecule has 0 radical (unpaired) electrons. The molecule has 0 spiro atoms. The number of aromatic nitrogens is 2. The molecule has 0 bridgehead atoms. The maximum Gasteiger partial charge on any atom is 0.271 e. The number of nitrogens with one attached hydrogen (secondary N) is 1. The second-order valence-corrected chi connectivity index (χ2v) is 3.83. The summed E-state index contributed by atoms with van der Waals surface area (Å²) in [4.78, 5) is 19.2. The Kier molecular flexibility index (Phi) is 4.12. The van der Waals surface area contributed by atoms with Gasteiger partial charge in [-0.05, 0) is 18.1 Å². The summed E-state index contributed by atoms with van der Waals surface area (Å²) in [7, 11) is 0. The Hall–Kier alpha value is -2.37. The first-order valence-electron chi connectivity index (χ1n) is 5.65. The maximum atomic E-state index is 13.3. The summed E-state index contributed by atoms with van der Waals surface area (Å²) in [5, 5.41) is 2.59. The molecular weight excluding hydrogens is 252 g/mol. The molecule has 0 fully saturated rings. The van der Waals surface area contributed by atoms with Crippen LogP contribution in [0.1, 0.15) is 16.1 Å². The predicted octanol–water partition coefficient (Wildman–Crippen LogP) is 1.73. The lowest BCUT2D eigenvalue weighted by Crippen LogP contribution is -2.26. The number of rotatable bonds is 4. The van der Waals surface area contributed by atoms with E-state index in [1.165, 1.54) is 30.7 Å². The predicted molar refractivity (Wildman–Crippen MR) is 64.4 cm³/mol. The van der Waals surface area contributed by atoms with Crippen molar-refractivity contribution in [1.29, 1.82) is 0 Å². The topological polar surface area (TPSA) is 54.9 Å². The van der Waals surface area contributed by atoms with Crippen LogP contribution in [0.15, 0.2) is 36.8 Å². The van der Waals surface area contributed by atoms with E-state index in [-0.39, 0.29) is 24.6 Å². The molecule has 0 unspecified atom stereocenters. The summed E-state index contributed by atoms with van der Waals surface area (Å²) >= 11 is 0. The van der Waals surface area contributed by atoms with Crippen molar-refractivity contribution in [3.05, 3.63) is 59.7 Å². The fourth-order valence-corrected chi connectivity index (χ4v) is 1.54. The van der Waals surface area contributed by atoms with Gasteiger partial charge in [-0.1, -0.05) is 6.07 Å². The summed E-state index contributed by atoms with van der Waals surface area (Å²) in [6, 6.07) is 3.36. The minimum atomic E-state index is -0.621. The molecule has 1 heterocycles. The van der Waals surface area contributed by atoms with Gasteiger partial charge in [0.15, 0.2) is 0 Å². The summed E-state index contributed by atoms with van der Waals surface area (Å²) < 4.78 is 26.0. The van der Waals surface area contributed by atoms with E-state index >= 15 is 0 Å². The van der Waals surface area contributed by atoms with Crippen LogP contribution >= 0.6 is 0 Å². The van der Waals surface area contributed by atoms with Gasteiger partial charge in [-0.25, -0.2) is 13.8 Å². The molecule has 0 saturated carbocycles. The molecule has 1 N–H and O–H groups in total. The second kappa shape index (κ2) is 5.99. The molecule has 0 aliphatic rings. The zero-order valence-electron chi connectivity index (χ0n) is 9.94. The first kappa shape index (κ1) is 13.1. The molecule has 1 aromatic heterocycles. The normalized spacial score (nSPS) is 10.2. The van der Waals surface area contributed by atoms with Crippen LogP contribution in [0, 0.1) is 11.6 Å². The fraction of sp³-hybridized carbons (Fsp3) is 0.154. The van der Waals surface area contributed by atoms with E-state index in [0.29, 0.717) is 5.56 Å². The summed E-state index contributed by atoms with van der Waals surface area (Å²) in [6.45, 7) is 0.234. The average Bonchev–Trinajstić information content (AvgIpc) is 2.42. The highest BCUT2D eigenvalue weighted by Crippen LogP contribution is 2.09. The van der Waals surface area contributed by atoms with Crippen molar-refractivity contribution in [2.45, 2.75) is 6.42 Å². The minimum Gasteiger partial charge on any atom is -0.350 e. The Morgan fingerprint density at radius 3 is 2.79 bits per heavy atom. The number of hydrogen-bond donors (Lipinski definition) is 1. The van der Waals surface area contributed by atoms with Crippen molar-refractivity contribution < 1.29 is 13.6 Å². The van der Waals surface area contributed by atoms with Gasteiger partial charge in [0.25, 0.3) is 5.91 Å². The first-order chi connectivity index (χ1) is 9.16. The van der Waals surface area contributed by atoms with Crippen molar-refractivity contribution in [1.82, 2.24) is 15.3 Å². The van der Waals surface area contributed by atoms with Gasteiger partial charge < -0.3 is 5.32 Å². The molecule has 0 aliphatic heterocycles. The standard InChI is InChI=1S/C13H11F2N3O/c14-10-2-1-9(11(15)7-10)3-4-18-13(19)12-8-16-5-6-17-12/h1-2,5-8H,3-4H2,(H,18,19). The molecule has 2 rings (SSSR count). The third-order valence-electron chi connectivity index (χ3n) is 2.49. The van der Waals surface area contributed by atoms with Gasteiger partial charge in [0, 0.05) is 25.0 Å².